The highest BCUT2D eigenvalue weighted by atomic mass is 35.5. The standard InChI is InChI=1S/C28H27Cl2F4NO6S/c1-24(2,3)41-23(37)35-12-25(13-35)17-6-5-15(7-14(17)10-40-25)26(38)11-27(28(32,33)34,42-21(26)22(36)39-4)16-8-18(29)20(31)19(30)9-16/h5-9,21,38H,10-13H2,1-4H3. The van der Waals surface area contributed by atoms with Gasteiger partial charge in [0.1, 0.15) is 26.8 Å². The number of hydrogen-bond donors (Lipinski definition) is 1. The van der Waals surface area contributed by atoms with Crippen molar-refractivity contribution in [3.8, 4) is 0 Å². The van der Waals surface area contributed by atoms with Crippen molar-refractivity contribution < 1.29 is 46.5 Å². The topological polar surface area (TPSA) is 85.3 Å². The van der Waals surface area contributed by atoms with E-state index in [-0.39, 0.29) is 37.0 Å². The fraction of sp³-hybridized carbons (Fsp3) is 0.500. The summed E-state index contributed by atoms with van der Waals surface area (Å²) < 4.78 is 72.3. The largest absolute Gasteiger partial charge is 0.468 e. The Labute approximate surface area is 253 Å². The minimum absolute atomic E-state index is 0.0403. The minimum Gasteiger partial charge on any atom is -0.468 e. The summed E-state index contributed by atoms with van der Waals surface area (Å²) in [6, 6.07) is 6.18. The predicted octanol–water partition coefficient (Wildman–Crippen LogP) is 6.43. The molecule has 3 unspecified atom stereocenters. The number of amides is 1. The van der Waals surface area contributed by atoms with Crippen LogP contribution >= 0.6 is 35.0 Å². The maximum Gasteiger partial charge on any atom is 0.410 e. The van der Waals surface area contributed by atoms with Crippen molar-refractivity contribution in [1.29, 1.82) is 0 Å². The van der Waals surface area contributed by atoms with Crippen LogP contribution in [0.1, 0.15) is 49.4 Å². The number of carbonyl (C=O) groups excluding carboxylic acids is 2. The Bertz CT molecular complexity index is 1440. The number of alkyl halides is 3. The number of rotatable bonds is 3. The predicted molar refractivity (Wildman–Crippen MR) is 147 cm³/mol. The van der Waals surface area contributed by atoms with E-state index in [2.05, 4.69) is 0 Å². The molecule has 0 radical (unpaired) electrons. The molecule has 42 heavy (non-hydrogen) atoms. The summed E-state index contributed by atoms with van der Waals surface area (Å²) in [5.41, 5.74) is -3.03. The Morgan fingerprint density at radius 3 is 2.26 bits per heavy atom. The number of carbonyl (C=O) groups is 2. The molecule has 1 amide bonds. The summed E-state index contributed by atoms with van der Waals surface area (Å²) in [6.07, 6.45) is -6.53. The molecule has 2 aromatic carbocycles. The molecule has 2 fully saturated rings. The third-order valence-corrected chi connectivity index (χ3v) is 10.1. The van der Waals surface area contributed by atoms with E-state index in [1.807, 2.05) is 0 Å². The first kappa shape index (κ1) is 31.2. The van der Waals surface area contributed by atoms with Gasteiger partial charge in [-0.2, -0.15) is 13.2 Å². The van der Waals surface area contributed by atoms with Crippen LogP contribution in [0.5, 0.6) is 0 Å². The molecule has 1 spiro atoms. The lowest BCUT2D eigenvalue weighted by atomic mass is 9.77. The Morgan fingerprint density at radius 1 is 1.10 bits per heavy atom. The van der Waals surface area contributed by atoms with Gasteiger partial charge < -0.3 is 24.2 Å². The van der Waals surface area contributed by atoms with Crippen molar-refractivity contribution >= 4 is 47.0 Å². The highest BCUT2D eigenvalue weighted by molar-refractivity contribution is 8.02. The van der Waals surface area contributed by atoms with Crippen molar-refractivity contribution in [2.75, 3.05) is 20.2 Å². The SMILES string of the molecule is COC(=O)C1SC(c2cc(Cl)c(F)c(Cl)c2)(C(F)(F)F)CC1(O)c1ccc2c(c1)COC21CN(C(=O)OC(C)(C)C)C1. The Morgan fingerprint density at radius 2 is 1.71 bits per heavy atom. The van der Waals surface area contributed by atoms with Gasteiger partial charge in [0.2, 0.25) is 0 Å². The van der Waals surface area contributed by atoms with Gasteiger partial charge in [-0.05, 0) is 55.2 Å². The summed E-state index contributed by atoms with van der Waals surface area (Å²) in [6.45, 7) is 5.76. The summed E-state index contributed by atoms with van der Waals surface area (Å²) in [5, 5.41) is 8.98. The zero-order chi connectivity index (χ0) is 31.0. The monoisotopic (exact) mass is 651 g/mol. The molecule has 0 aliphatic carbocycles. The lowest BCUT2D eigenvalue weighted by molar-refractivity contribution is -0.173. The number of hydrogen-bond acceptors (Lipinski definition) is 7. The lowest BCUT2D eigenvalue weighted by Crippen LogP contribution is -2.61. The van der Waals surface area contributed by atoms with Gasteiger partial charge >= 0.3 is 18.2 Å². The van der Waals surface area contributed by atoms with Crippen LogP contribution in [0.15, 0.2) is 30.3 Å². The molecule has 228 valence electrons. The van der Waals surface area contributed by atoms with Gasteiger partial charge in [-0.15, -0.1) is 11.8 Å². The summed E-state index contributed by atoms with van der Waals surface area (Å²) in [5.74, 6) is -2.16. The molecule has 2 saturated heterocycles. The molecule has 14 heteroatoms. The number of methoxy groups -OCH3 is 1. The van der Waals surface area contributed by atoms with Crippen LogP contribution in [-0.4, -0.2) is 59.3 Å². The number of benzene rings is 2. The van der Waals surface area contributed by atoms with Crippen LogP contribution in [0, 0.1) is 5.82 Å². The van der Waals surface area contributed by atoms with E-state index in [9.17, 15) is 32.3 Å². The van der Waals surface area contributed by atoms with Gasteiger partial charge in [-0.3, -0.25) is 4.79 Å². The van der Waals surface area contributed by atoms with Crippen molar-refractivity contribution in [2.24, 2.45) is 0 Å². The Kier molecular flexibility index (Phi) is 7.54. The van der Waals surface area contributed by atoms with Gasteiger partial charge in [0.05, 0.1) is 36.9 Å². The number of halogens is 6. The number of ether oxygens (including phenoxy) is 3. The van der Waals surface area contributed by atoms with Crippen LogP contribution < -0.4 is 0 Å². The molecule has 0 saturated carbocycles. The second-order valence-corrected chi connectivity index (χ2v) is 13.9. The molecule has 3 aliphatic rings. The van der Waals surface area contributed by atoms with Crippen LogP contribution in [0.2, 0.25) is 10.0 Å². The van der Waals surface area contributed by atoms with Crippen LogP contribution in [-0.2, 0) is 41.6 Å². The number of aliphatic hydroxyl groups is 1. The number of thioether (sulfide) groups is 1. The van der Waals surface area contributed by atoms with E-state index in [0.717, 1.165) is 19.2 Å². The van der Waals surface area contributed by atoms with E-state index < -0.39 is 72.9 Å². The van der Waals surface area contributed by atoms with Crippen LogP contribution in [0.3, 0.4) is 0 Å². The lowest BCUT2D eigenvalue weighted by Gasteiger charge is -2.47. The van der Waals surface area contributed by atoms with Gasteiger partial charge in [0.25, 0.3) is 0 Å². The van der Waals surface area contributed by atoms with E-state index in [1.165, 1.54) is 17.0 Å². The normalized spacial score (nSPS) is 26.6. The third-order valence-electron chi connectivity index (χ3n) is 7.74. The first-order valence-electron chi connectivity index (χ1n) is 12.8. The van der Waals surface area contributed by atoms with Crippen LogP contribution in [0.25, 0.3) is 0 Å². The van der Waals surface area contributed by atoms with Gasteiger partial charge in [0.15, 0.2) is 5.82 Å². The molecular formula is C28H27Cl2F4NO6S. The number of nitrogens with zero attached hydrogens (tertiary/aromatic N) is 1. The number of esters is 1. The average molecular weight is 652 g/mol. The first-order chi connectivity index (χ1) is 19.4. The zero-order valence-electron chi connectivity index (χ0n) is 22.9. The second-order valence-electron chi connectivity index (χ2n) is 11.7. The Balaban J connectivity index is 1.52. The summed E-state index contributed by atoms with van der Waals surface area (Å²) in [7, 11) is 1.01. The smallest absolute Gasteiger partial charge is 0.410 e. The fourth-order valence-corrected chi connectivity index (χ4v) is 7.90. The maximum absolute atomic E-state index is 14.9. The minimum atomic E-state index is -5.03. The Hall–Kier alpha value is -2.25. The fourth-order valence-electron chi connectivity index (χ4n) is 5.71. The molecule has 5 rings (SSSR count). The average Bonchev–Trinajstić information content (AvgIpc) is 3.41. The highest BCUT2D eigenvalue weighted by Crippen LogP contribution is 2.65. The third kappa shape index (κ3) is 4.92. The molecule has 3 aliphatic heterocycles. The van der Waals surface area contributed by atoms with Crippen molar-refractivity contribution in [3.05, 3.63) is 68.4 Å². The van der Waals surface area contributed by atoms with Crippen molar-refractivity contribution in [2.45, 2.75) is 66.8 Å². The van der Waals surface area contributed by atoms with E-state index in [4.69, 9.17) is 37.4 Å². The molecule has 1 N–H and O–H groups in total. The quantitative estimate of drug-likeness (QED) is 0.232. The van der Waals surface area contributed by atoms with E-state index in [0.29, 0.717) is 11.1 Å². The first-order valence-corrected chi connectivity index (χ1v) is 14.4. The molecule has 3 atom stereocenters. The number of likely N-dealkylation sites (tertiary alicyclic amines) is 1. The molecule has 0 bridgehead atoms. The summed E-state index contributed by atoms with van der Waals surface area (Å²) in [4.78, 5) is 26.8. The van der Waals surface area contributed by atoms with Gasteiger partial charge in [-0.25, -0.2) is 9.18 Å². The molecular weight excluding hydrogens is 625 g/mol. The highest BCUT2D eigenvalue weighted by Gasteiger charge is 2.70. The van der Waals surface area contributed by atoms with Gasteiger partial charge in [-0.1, -0.05) is 41.4 Å². The van der Waals surface area contributed by atoms with Crippen molar-refractivity contribution in [1.82, 2.24) is 4.90 Å². The molecule has 2 aromatic rings. The second kappa shape index (κ2) is 10.2. The van der Waals surface area contributed by atoms with E-state index >= 15 is 0 Å². The zero-order valence-corrected chi connectivity index (χ0v) is 25.2. The summed E-state index contributed by atoms with van der Waals surface area (Å²) >= 11 is 11.9. The van der Waals surface area contributed by atoms with Crippen LogP contribution in [0.4, 0.5) is 22.4 Å². The number of fused-ring (bicyclic) bond motifs is 2. The van der Waals surface area contributed by atoms with Gasteiger partial charge in [0, 0.05) is 6.42 Å². The van der Waals surface area contributed by atoms with E-state index in [1.54, 1.807) is 26.8 Å². The van der Waals surface area contributed by atoms with Crippen molar-refractivity contribution in [3.63, 3.8) is 0 Å². The molecule has 3 heterocycles. The molecule has 7 nitrogen and oxygen atoms in total. The molecule has 0 aromatic heterocycles. The maximum atomic E-state index is 14.9.